The summed E-state index contributed by atoms with van der Waals surface area (Å²) in [5, 5.41) is 18.7. The molecule has 0 N–H and O–H groups in total. The van der Waals surface area contributed by atoms with Crippen LogP contribution in [0, 0.1) is 11.3 Å². The van der Waals surface area contributed by atoms with Crippen molar-refractivity contribution in [1.29, 1.82) is 5.26 Å². The number of nitrogens with zero attached hydrogens (tertiary/aromatic N) is 5. The maximum absolute atomic E-state index is 8.95. The third-order valence-corrected chi connectivity index (χ3v) is 3.27. The summed E-state index contributed by atoms with van der Waals surface area (Å²) in [6.45, 7) is 0. The molecule has 3 heterocycles. The van der Waals surface area contributed by atoms with Crippen molar-refractivity contribution in [3.05, 3.63) is 29.4 Å². The van der Waals surface area contributed by atoms with Gasteiger partial charge >= 0.3 is 0 Å². The summed E-state index contributed by atoms with van der Waals surface area (Å²) in [6, 6.07) is 3.82. The van der Waals surface area contributed by atoms with Crippen LogP contribution in [0.15, 0.2) is 28.4 Å². The molecule has 0 radical (unpaired) electrons. The van der Waals surface area contributed by atoms with Crippen LogP contribution in [0.25, 0.3) is 22.2 Å². The van der Waals surface area contributed by atoms with Crippen molar-refractivity contribution in [2.24, 2.45) is 7.05 Å². The zero-order chi connectivity index (χ0) is 12.5. The number of thiophene rings is 1. The van der Waals surface area contributed by atoms with E-state index in [0.717, 1.165) is 5.56 Å². The van der Waals surface area contributed by atoms with Gasteiger partial charge in [0.1, 0.15) is 10.9 Å². The first kappa shape index (κ1) is 10.7. The van der Waals surface area contributed by atoms with E-state index in [4.69, 9.17) is 9.78 Å². The largest absolute Gasteiger partial charge is 0.333 e. The van der Waals surface area contributed by atoms with Crippen LogP contribution in [0.1, 0.15) is 5.56 Å². The fourth-order valence-electron chi connectivity index (χ4n) is 1.53. The third-order valence-electron chi connectivity index (χ3n) is 2.37. The van der Waals surface area contributed by atoms with Crippen LogP contribution in [-0.2, 0) is 7.05 Å². The molecule has 18 heavy (non-hydrogen) atoms. The van der Waals surface area contributed by atoms with Crippen molar-refractivity contribution in [2.75, 3.05) is 0 Å². The lowest BCUT2D eigenvalue weighted by Crippen LogP contribution is -1.84. The van der Waals surface area contributed by atoms with Crippen LogP contribution in [0.2, 0.25) is 0 Å². The van der Waals surface area contributed by atoms with Gasteiger partial charge in [-0.05, 0) is 11.4 Å². The minimum absolute atomic E-state index is 0.361. The Morgan fingerprint density at radius 3 is 3.11 bits per heavy atom. The molecule has 88 valence electrons. The van der Waals surface area contributed by atoms with E-state index in [9.17, 15) is 0 Å². The normalized spacial score (nSPS) is 10.4. The first-order chi connectivity index (χ1) is 8.78. The number of rotatable bonds is 2. The zero-order valence-corrected chi connectivity index (χ0v) is 10.2. The molecule has 0 bridgehead atoms. The van der Waals surface area contributed by atoms with Crippen LogP contribution in [0.3, 0.4) is 0 Å². The molecule has 0 atom stereocenters. The Morgan fingerprint density at radius 1 is 1.50 bits per heavy atom. The summed E-state index contributed by atoms with van der Waals surface area (Å²) in [5.41, 5.74) is 1.32. The summed E-state index contributed by atoms with van der Waals surface area (Å²) in [6.07, 6.45) is 3.46. The molecular formula is C11H7N5OS. The SMILES string of the molecule is Cn1cc(-c2noc(-c3sccc3C#N)n2)cn1. The van der Waals surface area contributed by atoms with E-state index in [-0.39, 0.29) is 0 Å². The number of hydrogen-bond donors (Lipinski definition) is 0. The molecule has 3 aromatic rings. The van der Waals surface area contributed by atoms with Crippen molar-refractivity contribution >= 4 is 11.3 Å². The highest BCUT2D eigenvalue weighted by Crippen LogP contribution is 2.29. The molecule has 3 rings (SSSR count). The van der Waals surface area contributed by atoms with Crippen molar-refractivity contribution in [3.8, 4) is 28.2 Å². The van der Waals surface area contributed by atoms with Gasteiger partial charge in [-0.1, -0.05) is 5.16 Å². The van der Waals surface area contributed by atoms with E-state index < -0.39 is 0 Å². The van der Waals surface area contributed by atoms with Gasteiger partial charge in [-0.3, -0.25) is 4.68 Å². The van der Waals surface area contributed by atoms with Gasteiger partial charge in [0.15, 0.2) is 0 Å². The topological polar surface area (TPSA) is 80.5 Å². The van der Waals surface area contributed by atoms with Gasteiger partial charge in [-0.15, -0.1) is 11.3 Å². The molecule has 0 fully saturated rings. The number of aromatic nitrogens is 4. The lowest BCUT2D eigenvalue weighted by Gasteiger charge is -1.86. The maximum atomic E-state index is 8.95. The van der Waals surface area contributed by atoms with Gasteiger partial charge in [0.2, 0.25) is 5.82 Å². The fraction of sp³-hybridized carbons (Fsp3) is 0.0909. The summed E-state index contributed by atoms with van der Waals surface area (Å²) in [7, 11) is 1.82. The molecule has 0 spiro atoms. The second kappa shape index (κ2) is 4.09. The van der Waals surface area contributed by atoms with Crippen molar-refractivity contribution in [3.63, 3.8) is 0 Å². The van der Waals surface area contributed by atoms with Gasteiger partial charge in [-0.2, -0.15) is 15.3 Å². The molecule has 0 saturated heterocycles. The predicted molar refractivity (Wildman–Crippen MR) is 64.5 cm³/mol. The average Bonchev–Trinajstić information content (AvgIpc) is 3.07. The Labute approximate surface area is 106 Å². The van der Waals surface area contributed by atoms with Crippen molar-refractivity contribution in [1.82, 2.24) is 19.9 Å². The van der Waals surface area contributed by atoms with E-state index >= 15 is 0 Å². The molecule has 0 saturated carbocycles. The van der Waals surface area contributed by atoms with Crippen LogP contribution in [0.4, 0.5) is 0 Å². The first-order valence-corrected chi connectivity index (χ1v) is 5.96. The highest BCUT2D eigenvalue weighted by molar-refractivity contribution is 7.13. The quantitative estimate of drug-likeness (QED) is 0.702. The van der Waals surface area contributed by atoms with E-state index in [1.165, 1.54) is 11.3 Å². The average molecular weight is 257 g/mol. The van der Waals surface area contributed by atoms with Gasteiger partial charge < -0.3 is 4.52 Å². The second-order valence-electron chi connectivity index (χ2n) is 3.60. The van der Waals surface area contributed by atoms with Gasteiger partial charge in [0.25, 0.3) is 5.89 Å². The van der Waals surface area contributed by atoms with Gasteiger partial charge in [0.05, 0.1) is 17.3 Å². The summed E-state index contributed by atoms with van der Waals surface area (Å²) >= 11 is 1.40. The first-order valence-electron chi connectivity index (χ1n) is 5.08. The minimum Gasteiger partial charge on any atom is -0.333 e. The molecule has 0 amide bonds. The molecule has 3 aromatic heterocycles. The van der Waals surface area contributed by atoms with Crippen LogP contribution < -0.4 is 0 Å². The zero-order valence-electron chi connectivity index (χ0n) is 9.36. The Bertz CT molecular complexity index is 733. The molecule has 0 aliphatic rings. The molecule has 7 heteroatoms. The molecule has 0 aliphatic heterocycles. The Morgan fingerprint density at radius 2 is 2.39 bits per heavy atom. The smallest absolute Gasteiger partial charge is 0.269 e. The summed E-state index contributed by atoms with van der Waals surface area (Å²) in [5.74, 6) is 0.829. The van der Waals surface area contributed by atoms with Crippen molar-refractivity contribution < 1.29 is 4.52 Å². The Balaban J connectivity index is 2.02. The summed E-state index contributed by atoms with van der Waals surface area (Å²) in [4.78, 5) is 4.97. The summed E-state index contributed by atoms with van der Waals surface area (Å²) < 4.78 is 6.84. The second-order valence-corrected chi connectivity index (χ2v) is 4.52. The molecule has 0 aliphatic carbocycles. The monoisotopic (exact) mass is 257 g/mol. The number of nitriles is 1. The van der Waals surface area contributed by atoms with Crippen LogP contribution in [-0.4, -0.2) is 19.9 Å². The van der Waals surface area contributed by atoms with Gasteiger partial charge in [0, 0.05) is 13.2 Å². The molecule has 0 unspecified atom stereocenters. The highest BCUT2D eigenvalue weighted by atomic mass is 32.1. The molecular weight excluding hydrogens is 250 g/mol. The van der Waals surface area contributed by atoms with E-state index in [1.807, 2.05) is 12.4 Å². The fourth-order valence-corrected chi connectivity index (χ4v) is 2.30. The lowest BCUT2D eigenvalue weighted by molar-refractivity contribution is 0.433. The van der Waals surface area contributed by atoms with E-state index in [1.54, 1.807) is 23.1 Å². The van der Waals surface area contributed by atoms with Gasteiger partial charge in [-0.25, -0.2) is 0 Å². The maximum Gasteiger partial charge on any atom is 0.269 e. The minimum atomic E-state index is 0.361. The molecule has 0 aromatic carbocycles. The highest BCUT2D eigenvalue weighted by Gasteiger charge is 2.15. The number of hydrogen-bond acceptors (Lipinski definition) is 6. The molecule has 6 nitrogen and oxygen atoms in total. The van der Waals surface area contributed by atoms with E-state index in [2.05, 4.69) is 21.3 Å². The third kappa shape index (κ3) is 1.69. The van der Waals surface area contributed by atoms with E-state index in [0.29, 0.717) is 22.2 Å². The van der Waals surface area contributed by atoms with Crippen molar-refractivity contribution in [2.45, 2.75) is 0 Å². The number of aryl methyl sites for hydroxylation is 1. The van der Waals surface area contributed by atoms with Crippen LogP contribution in [0.5, 0.6) is 0 Å². The standard InChI is InChI=1S/C11H7N5OS/c1-16-6-8(5-13-16)10-14-11(17-15-10)9-7(4-12)2-3-18-9/h2-3,5-6H,1H3. The Hall–Kier alpha value is -2.46. The Kier molecular flexibility index (Phi) is 2.42. The predicted octanol–water partition coefficient (Wildman–Crippen LogP) is 2.07. The lowest BCUT2D eigenvalue weighted by atomic mass is 10.3. The van der Waals surface area contributed by atoms with Crippen LogP contribution >= 0.6 is 11.3 Å².